The number of rotatable bonds is 8. The minimum absolute atomic E-state index is 0.0836. The number of carbonyl (C=O) groups excluding carboxylic acids is 1. The number of nitrogens with one attached hydrogen (secondary N) is 1. The number of H-pyrrole nitrogens is 1. The number of aromatic nitrogens is 2. The predicted molar refractivity (Wildman–Crippen MR) is 125 cm³/mol. The summed E-state index contributed by atoms with van der Waals surface area (Å²) in [6.07, 6.45) is 2.54. The van der Waals surface area contributed by atoms with Crippen LogP contribution in [0.4, 0.5) is 0 Å². The minimum Gasteiger partial charge on any atom is -0.385 e. The molecule has 0 bridgehead atoms. The van der Waals surface area contributed by atoms with Crippen molar-refractivity contribution >= 4 is 39.3 Å². The molecule has 0 saturated carbocycles. The zero-order valence-electron chi connectivity index (χ0n) is 17.8. The maximum absolute atomic E-state index is 13.4. The molecule has 6 heteroatoms. The Morgan fingerprint density at radius 2 is 2.00 bits per heavy atom. The largest absolute Gasteiger partial charge is 0.385 e. The molecule has 0 fully saturated rings. The van der Waals surface area contributed by atoms with Crippen LogP contribution in [0.25, 0.3) is 21.8 Å². The Morgan fingerprint density at radius 3 is 2.77 bits per heavy atom. The van der Waals surface area contributed by atoms with Crippen LogP contribution in [-0.4, -0.2) is 41.0 Å². The normalized spacial score (nSPS) is 12.4. The number of halogens is 1. The Balaban J connectivity index is 1.60. The first kappa shape index (κ1) is 21.3. The highest BCUT2D eigenvalue weighted by Gasteiger charge is 2.23. The number of nitrogens with zero attached hydrogens (tertiary/aromatic N) is 2. The van der Waals surface area contributed by atoms with Gasteiger partial charge in [0.15, 0.2) is 0 Å². The lowest BCUT2D eigenvalue weighted by molar-refractivity contribution is -0.133. The average molecular weight is 436 g/mol. The van der Waals surface area contributed by atoms with Crippen LogP contribution in [0.2, 0.25) is 5.02 Å². The lowest BCUT2D eigenvalue weighted by atomic mass is 9.98. The fraction of sp³-hybridized carbons (Fsp3) is 0.280. The van der Waals surface area contributed by atoms with Gasteiger partial charge in [-0.3, -0.25) is 9.78 Å². The van der Waals surface area contributed by atoms with Gasteiger partial charge in [0, 0.05) is 53.3 Å². The van der Waals surface area contributed by atoms with Crippen LogP contribution in [0.15, 0.2) is 60.8 Å². The van der Waals surface area contributed by atoms with Crippen LogP contribution in [0, 0.1) is 0 Å². The van der Waals surface area contributed by atoms with Crippen molar-refractivity contribution in [3.63, 3.8) is 0 Å². The molecule has 160 valence electrons. The molecule has 4 rings (SSSR count). The number of hydrogen-bond acceptors (Lipinski definition) is 3. The first-order chi connectivity index (χ1) is 15.1. The lowest BCUT2D eigenvalue weighted by Crippen LogP contribution is -2.35. The first-order valence-electron chi connectivity index (χ1n) is 10.5. The van der Waals surface area contributed by atoms with Crippen molar-refractivity contribution in [2.75, 3.05) is 20.3 Å². The van der Waals surface area contributed by atoms with E-state index < -0.39 is 0 Å². The van der Waals surface area contributed by atoms with Gasteiger partial charge in [-0.05, 0) is 55.3 Å². The second kappa shape index (κ2) is 9.50. The standard InChI is InChI=1S/C25H26ClN3O2/c1-17(25(30)29(12-5-13-31-2)16-20-6-3-4-11-27-20)18-7-9-21-22-15-19(26)8-10-23(22)28-24(21)14-18/h3-4,6-11,14-15,17,28H,5,12-13,16H2,1-2H3/t17-/m0/s1. The summed E-state index contributed by atoms with van der Waals surface area (Å²) < 4.78 is 5.19. The van der Waals surface area contributed by atoms with Crippen LogP contribution in [0.1, 0.15) is 30.5 Å². The summed E-state index contributed by atoms with van der Waals surface area (Å²) in [7, 11) is 1.68. The summed E-state index contributed by atoms with van der Waals surface area (Å²) in [6, 6.07) is 17.8. The molecular weight excluding hydrogens is 410 g/mol. The molecule has 1 atom stereocenters. The summed E-state index contributed by atoms with van der Waals surface area (Å²) in [5.74, 6) is -0.189. The highest BCUT2D eigenvalue weighted by atomic mass is 35.5. The van der Waals surface area contributed by atoms with E-state index in [1.54, 1.807) is 13.3 Å². The van der Waals surface area contributed by atoms with Gasteiger partial charge in [-0.15, -0.1) is 0 Å². The fourth-order valence-corrected chi connectivity index (χ4v) is 4.11. The topological polar surface area (TPSA) is 58.2 Å². The third-order valence-corrected chi connectivity index (χ3v) is 5.86. The molecule has 0 radical (unpaired) electrons. The Hall–Kier alpha value is -2.89. The van der Waals surface area contributed by atoms with Crippen LogP contribution < -0.4 is 0 Å². The second-order valence-electron chi connectivity index (χ2n) is 7.77. The second-order valence-corrected chi connectivity index (χ2v) is 8.21. The van der Waals surface area contributed by atoms with Crippen molar-refractivity contribution in [1.82, 2.24) is 14.9 Å². The molecule has 5 nitrogen and oxygen atoms in total. The van der Waals surface area contributed by atoms with Crippen LogP contribution in [0.3, 0.4) is 0 Å². The maximum Gasteiger partial charge on any atom is 0.230 e. The number of methoxy groups -OCH3 is 1. The van der Waals surface area contributed by atoms with E-state index in [0.29, 0.717) is 24.7 Å². The van der Waals surface area contributed by atoms with Crippen LogP contribution in [-0.2, 0) is 16.1 Å². The molecule has 0 aliphatic carbocycles. The molecule has 0 aliphatic heterocycles. The molecule has 2 aromatic heterocycles. The summed E-state index contributed by atoms with van der Waals surface area (Å²) in [6.45, 7) is 3.69. The molecule has 2 heterocycles. The molecule has 0 aliphatic rings. The van der Waals surface area contributed by atoms with Gasteiger partial charge in [0.1, 0.15) is 0 Å². The molecular formula is C25H26ClN3O2. The summed E-state index contributed by atoms with van der Waals surface area (Å²) in [5.41, 5.74) is 3.90. The number of amides is 1. The van der Waals surface area contributed by atoms with E-state index in [4.69, 9.17) is 16.3 Å². The van der Waals surface area contributed by atoms with E-state index in [0.717, 1.165) is 39.5 Å². The molecule has 31 heavy (non-hydrogen) atoms. The highest BCUT2D eigenvalue weighted by Crippen LogP contribution is 2.30. The third kappa shape index (κ3) is 4.73. The summed E-state index contributed by atoms with van der Waals surface area (Å²) >= 11 is 6.17. The van der Waals surface area contributed by atoms with Gasteiger partial charge < -0.3 is 14.6 Å². The number of pyridine rings is 1. The summed E-state index contributed by atoms with van der Waals surface area (Å²) in [4.78, 5) is 23.1. The van der Waals surface area contributed by atoms with Crippen molar-refractivity contribution < 1.29 is 9.53 Å². The molecule has 0 unspecified atom stereocenters. The highest BCUT2D eigenvalue weighted by molar-refractivity contribution is 6.31. The Labute approximate surface area is 187 Å². The number of fused-ring (bicyclic) bond motifs is 3. The van der Waals surface area contributed by atoms with Gasteiger partial charge in [-0.1, -0.05) is 29.8 Å². The Kier molecular flexibility index (Phi) is 6.54. The van der Waals surface area contributed by atoms with E-state index in [9.17, 15) is 4.79 Å². The van der Waals surface area contributed by atoms with Crippen LogP contribution in [0.5, 0.6) is 0 Å². The van der Waals surface area contributed by atoms with Gasteiger partial charge in [0.05, 0.1) is 18.2 Å². The number of carbonyl (C=O) groups is 1. The van der Waals surface area contributed by atoms with Crippen molar-refractivity contribution in [3.8, 4) is 0 Å². The van der Waals surface area contributed by atoms with Crippen molar-refractivity contribution in [2.45, 2.75) is 25.8 Å². The quantitative estimate of drug-likeness (QED) is 0.370. The predicted octanol–water partition coefficient (Wildman–Crippen LogP) is 5.54. The van der Waals surface area contributed by atoms with Gasteiger partial charge in [-0.25, -0.2) is 0 Å². The van der Waals surface area contributed by atoms with Gasteiger partial charge in [0.2, 0.25) is 5.91 Å². The minimum atomic E-state index is -0.273. The Bertz CT molecular complexity index is 1190. The molecule has 1 amide bonds. The Morgan fingerprint density at radius 1 is 1.13 bits per heavy atom. The van der Waals surface area contributed by atoms with E-state index >= 15 is 0 Å². The van der Waals surface area contributed by atoms with E-state index in [-0.39, 0.29) is 11.8 Å². The van der Waals surface area contributed by atoms with E-state index in [1.807, 2.05) is 54.3 Å². The first-order valence-corrected chi connectivity index (χ1v) is 10.8. The molecule has 4 aromatic rings. The van der Waals surface area contributed by atoms with Crippen LogP contribution >= 0.6 is 11.6 Å². The maximum atomic E-state index is 13.4. The molecule has 2 aromatic carbocycles. The van der Waals surface area contributed by atoms with Gasteiger partial charge in [-0.2, -0.15) is 0 Å². The number of ether oxygens (including phenoxy) is 1. The zero-order chi connectivity index (χ0) is 21.8. The monoisotopic (exact) mass is 435 g/mol. The van der Waals surface area contributed by atoms with E-state index in [2.05, 4.69) is 22.1 Å². The van der Waals surface area contributed by atoms with Gasteiger partial charge >= 0.3 is 0 Å². The molecule has 0 spiro atoms. The lowest BCUT2D eigenvalue weighted by Gasteiger charge is -2.26. The molecule has 1 N–H and O–H groups in total. The fourth-order valence-electron chi connectivity index (χ4n) is 3.93. The van der Waals surface area contributed by atoms with Crippen molar-refractivity contribution in [1.29, 1.82) is 0 Å². The SMILES string of the molecule is COCCCN(Cc1ccccn1)C(=O)[C@@H](C)c1ccc2c(c1)[nH]c1ccc(Cl)cc12. The molecule has 0 saturated heterocycles. The number of aromatic amines is 1. The average Bonchev–Trinajstić information content (AvgIpc) is 3.15. The van der Waals surface area contributed by atoms with Gasteiger partial charge in [0.25, 0.3) is 0 Å². The summed E-state index contributed by atoms with van der Waals surface area (Å²) in [5, 5.41) is 2.90. The zero-order valence-corrected chi connectivity index (χ0v) is 18.5. The van der Waals surface area contributed by atoms with E-state index in [1.165, 1.54) is 0 Å². The third-order valence-electron chi connectivity index (χ3n) is 5.62. The van der Waals surface area contributed by atoms with Crippen molar-refractivity contribution in [2.24, 2.45) is 0 Å². The van der Waals surface area contributed by atoms with Crippen molar-refractivity contribution in [3.05, 3.63) is 77.1 Å². The number of benzene rings is 2. The smallest absolute Gasteiger partial charge is 0.230 e. The number of hydrogen-bond donors (Lipinski definition) is 1.